The first-order valence-corrected chi connectivity index (χ1v) is 7.41. The lowest BCUT2D eigenvalue weighted by molar-refractivity contribution is 0.234. The Bertz CT molecular complexity index is 410. The minimum Gasteiger partial charge on any atom is -0.493 e. The molecule has 0 bridgehead atoms. The lowest BCUT2D eigenvalue weighted by Crippen LogP contribution is -2.21. The fraction of sp³-hybridized carbons (Fsp3) is 0.647. The van der Waals surface area contributed by atoms with E-state index >= 15 is 0 Å². The summed E-state index contributed by atoms with van der Waals surface area (Å²) in [7, 11) is 1.67. The van der Waals surface area contributed by atoms with Crippen LogP contribution in [0.2, 0.25) is 0 Å². The van der Waals surface area contributed by atoms with Crippen LogP contribution in [0.5, 0.6) is 11.5 Å². The molecule has 20 heavy (non-hydrogen) atoms. The smallest absolute Gasteiger partial charge is 0.161 e. The monoisotopic (exact) mass is 279 g/mol. The molecule has 0 saturated heterocycles. The average Bonchev–Trinajstić information content (AvgIpc) is 2.37. The summed E-state index contributed by atoms with van der Waals surface area (Å²) in [5, 5.41) is 0. The third kappa shape index (κ3) is 5.83. The Morgan fingerprint density at radius 2 is 1.90 bits per heavy atom. The van der Waals surface area contributed by atoms with Gasteiger partial charge in [-0.25, -0.2) is 0 Å². The second kappa shape index (κ2) is 7.53. The Morgan fingerprint density at radius 3 is 2.45 bits per heavy atom. The molecule has 114 valence electrons. The van der Waals surface area contributed by atoms with Crippen molar-refractivity contribution in [1.29, 1.82) is 0 Å². The first kappa shape index (κ1) is 16.8. The van der Waals surface area contributed by atoms with Crippen LogP contribution in [0.15, 0.2) is 18.2 Å². The largest absolute Gasteiger partial charge is 0.493 e. The topological polar surface area (TPSA) is 44.5 Å². The summed E-state index contributed by atoms with van der Waals surface area (Å²) in [6, 6.07) is 6.28. The van der Waals surface area contributed by atoms with Crippen molar-refractivity contribution in [2.24, 2.45) is 11.1 Å². The van der Waals surface area contributed by atoms with E-state index in [4.69, 9.17) is 15.2 Å². The molecule has 0 aliphatic carbocycles. The number of rotatable bonds is 7. The van der Waals surface area contributed by atoms with Gasteiger partial charge in [-0.2, -0.15) is 0 Å². The molecule has 1 rings (SSSR count). The van der Waals surface area contributed by atoms with Crippen LogP contribution >= 0.6 is 0 Å². The van der Waals surface area contributed by atoms with Gasteiger partial charge in [-0.1, -0.05) is 33.8 Å². The van der Waals surface area contributed by atoms with Crippen LogP contribution in [0.4, 0.5) is 0 Å². The maximum Gasteiger partial charge on any atom is 0.161 e. The van der Waals surface area contributed by atoms with Crippen LogP contribution in [-0.2, 0) is 6.42 Å². The van der Waals surface area contributed by atoms with Crippen molar-refractivity contribution in [3.8, 4) is 11.5 Å². The Labute approximate surface area is 123 Å². The van der Waals surface area contributed by atoms with Crippen LogP contribution in [0.1, 0.15) is 46.1 Å². The third-order valence-corrected chi connectivity index (χ3v) is 3.36. The molecule has 2 N–H and O–H groups in total. The van der Waals surface area contributed by atoms with Crippen molar-refractivity contribution in [2.45, 2.75) is 53.0 Å². The van der Waals surface area contributed by atoms with Crippen LogP contribution in [0.25, 0.3) is 0 Å². The lowest BCUT2D eigenvalue weighted by Gasteiger charge is -2.19. The maximum atomic E-state index is 6.01. The van der Waals surface area contributed by atoms with Crippen LogP contribution in [0.3, 0.4) is 0 Å². The van der Waals surface area contributed by atoms with Crippen molar-refractivity contribution in [3.05, 3.63) is 23.8 Å². The summed E-state index contributed by atoms with van der Waals surface area (Å²) >= 11 is 0. The molecule has 0 spiro atoms. The van der Waals surface area contributed by atoms with E-state index in [2.05, 4.69) is 39.8 Å². The standard InChI is InChI=1S/C17H29NO2/c1-6-14(18)11-13-7-8-15(19-5)16(12-13)20-10-9-17(2,3)4/h7-8,12,14H,6,9-11,18H2,1-5H3. The highest BCUT2D eigenvalue weighted by atomic mass is 16.5. The van der Waals surface area contributed by atoms with Crippen molar-refractivity contribution >= 4 is 0 Å². The SMILES string of the molecule is CCC(N)Cc1ccc(OC)c(OCCC(C)(C)C)c1. The Balaban J connectivity index is 2.73. The molecule has 0 heterocycles. The molecule has 0 aromatic heterocycles. The van der Waals surface area contributed by atoms with Gasteiger partial charge in [0.25, 0.3) is 0 Å². The Kier molecular flexibility index (Phi) is 6.34. The first-order chi connectivity index (χ1) is 9.35. The molecule has 3 heteroatoms. The zero-order valence-corrected chi connectivity index (χ0v) is 13.5. The molecule has 1 atom stereocenters. The van der Waals surface area contributed by atoms with E-state index in [1.807, 2.05) is 6.07 Å². The van der Waals surface area contributed by atoms with Crippen molar-refractivity contribution in [2.75, 3.05) is 13.7 Å². The van der Waals surface area contributed by atoms with E-state index in [-0.39, 0.29) is 11.5 Å². The Hall–Kier alpha value is -1.22. The van der Waals surface area contributed by atoms with E-state index in [9.17, 15) is 0 Å². The quantitative estimate of drug-likeness (QED) is 0.826. The summed E-state index contributed by atoms with van der Waals surface area (Å²) < 4.78 is 11.3. The highest BCUT2D eigenvalue weighted by Crippen LogP contribution is 2.29. The maximum absolute atomic E-state index is 6.01. The second-order valence-corrected chi connectivity index (χ2v) is 6.52. The number of benzene rings is 1. The number of methoxy groups -OCH3 is 1. The number of ether oxygens (including phenoxy) is 2. The van der Waals surface area contributed by atoms with Gasteiger partial charge in [0, 0.05) is 6.04 Å². The van der Waals surface area contributed by atoms with Crippen LogP contribution in [-0.4, -0.2) is 19.8 Å². The molecule has 0 radical (unpaired) electrons. The zero-order valence-electron chi connectivity index (χ0n) is 13.5. The van der Waals surface area contributed by atoms with Gasteiger partial charge in [0.2, 0.25) is 0 Å². The van der Waals surface area contributed by atoms with Gasteiger partial charge in [0.15, 0.2) is 11.5 Å². The molecule has 0 aliphatic heterocycles. The highest BCUT2D eigenvalue weighted by Gasteiger charge is 2.12. The zero-order chi connectivity index (χ0) is 15.2. The fourth-order valence-electron chi connectivity index (χ4n) is 1.88. The van der Waals surface area contributed by atoms with Gasteiger partial charge in [-0.15, -0.1) is 0 Å². The predicted octanol–water partition coefficient (Wildman–Crippen LogP) is 3.79. The number of hydrogen-bond donors (Lipinski definition) is 1. The molecule has 0 aliphatic rings. The van der Waals surface area contributed by atoms with Gasteiger partial charge in [0.1, 0.15) is 0 Å². The molecule has 0 amide bonds. The molecule has 0 fully saturated rings. The van der Waals surface area contributed by atoms with Crippen molar-refractivity contribution in [1.82, 2.24) is 0 Å². The molecule has 1 aromatic carbocycles. The summed E-state index contributed by atoms with van der Waals surface area (Å²) in [6.45, 7) is 9.44. The van der Waals surface area contributed by atoms with E-state index < -0.39 is 0 Å². The minimum absolute atomic E-state index is 0.200. The summed E-state index contributed by atoms with van der Waals surface area (Å²) in [5.74, 6) is 1.60. The highest BCUT2D eigenvalue weighted by molar-refractivity contribution is 5.43. The fourth-order valence-corrected chi connectivity index (χ4v) is 1.88. The van der Waals surface area contributed by atoms with E-state index in [1.54, 1.807) is 7.11 Å². The normalized spacial score (nSPS) is 13.1. The van der Waals surface area contributed by atoms with E-state index in [0.29, 0.717) is 6.61 Å². The van der Waals surface area contributed by atoms with Crippen molar-refractivity contribution < 1.29 is 9.47 Å². The number of hydrogen-bond acceptors (Lipinski definition) is 3. The summed E-state index contributed by atoms with van der Waals surface area (Å²) in [5.41, 5.74) is 7.48. The van der Waals surface area contributed by atoms with Gasteiger partial charge >= 0.3 is 0 Å². The predicted molar refractivity (Wildman–Crippen MR) is 84.5 cm³/mol. The molecule has 0 saturated carbocycles. The molecule has 1 unspecified atom stereocenters. The van der Waals surface area contributed by atoms with Gasteiger partial charge in [0.05, 0.1) is 13.7 Å². The second-order valence-electron chi connectivity index (χ2n) is 6.52. The summed E-state index contributed by atoms with van der Waals surface area (Å²) in [4.78, 5) is 0. The van der Waals surface area contributed by atoms with Gasteiger partial charge < -0.3 is 15.2 Å². The lowest BCUT2D eigenvalue weighted by atomic mass is 9.93. The number of nitrogens with two attached hydrogens (primary N) is 1. The van der Waals surface area contributed by atoms with Gasteiger partial charge in [-0.05, 0) is 42.4 Å². The van der Waals surface area contributed by atoms with E-state index in [0.717, 1.165) is 30.8 Å². The van der Waals surface area contributed by atoms with Crippen LogP contribution < -0.4 is 15.2 Å². The Morgan fingerprint density at radius 1 is 1.20 bits per heavy atom. The van der Waals surface area contributed by atoms with E-state index in [1.165, 1.54) is 5.56 Å². The summed E-state index contributed by atoms with van der Waals surface area (Å²) in [6.07, 6.45) is 2.86. The molecule has 1 aromatic rings. The molecular weight excluding hydrogens is 250 g/mol. The van der Waals surface area contributed by atoms with Gasteiger partial charge in [-0.3, -0.25) is 0 Å². The average molecular weight is 279 g/mol. The third-order valence-electron chi connectivity index (χ3n) is 3.36. The molecule has 3 nitrogen and oxygen atoms in total. The minimum atomic E-state index is 0.200. The van der Waals surface area contributed by atoms with Crippen LogP contribution in [0, 0.1) is 5.41 Å². The first-order valence-electron chi connectivity index (χ1n) is 7.41. The van der Waals surface area contributed by atoms with Crippen molar-refractivity contribution in [3.63, 3.8) is 0 Å². The molecular formula is C17H29NO2.